The lowest BCUT2D eigenvalue weighted by Gasteiger charge is -2.11. The van der Waals surface area contributed by atoms with E-state index in [0.29, 0.717) is 5.75 Å². The van der Waals surface area contributed by atoms with Gasteiger partial charge in [0.15, 0.2) is 11.0 Å². The lowest BCUT2D eigenvalue weighted by molar-refractivity contribution is -0.119. The Labute approximate surface area is 134 Å². The maximum Gasteiger partial charge on any atom is 0.230 e. The van der Waals surface area contributed by atoms with Crippen molar-refractivity contribution in [1.82, 2.24) is 20.1 Å². The smallest absolute Gasteiger partial charge is 0.230 e. The van der Waals surface area contributed by atoms with Gasteiger partial charge in [0.2, 0.25) is 5.91 Å². The molecule has 0 aliphatic rings. The molecule has 2 rings (SSSR count). The van der Waals surface area contributed by atoms with E-state index in [1.165, 1.54) is 11.8 Å². The molecule has 0 aliphatic carbocycles. The van der Waals surface area contributed by atoms with Gasteiger partial charge in [0.1, 0.15) is 5.76 Å². The van der Waals surface area contributed by atoms with Crippen molar-refractivity contribution in [3.05, 3.63) is 18.1 Å². The minimum absolute atomic E-state index is 0.0195. The Kier molecular flexibility index (Phi) is 5.65. The molecule has 1 atom stereocenters. The van der Waals surface area contributed by atoms with E-state index in [9.17, 15) is 4.79 Å². The SMILES string of the molecule is CC[C@@H](C)NC(=O)CSc1nnc(-c2ccoc2C)n1CC. The van der Waals surface area contributed by atoms with Gasteiger partial charge < -0.3 is 14.3 Å². The molecule has 0 saturated carbocycles. The molecule has 0 aromatic carbocycles. The van der Waals surface area contributed by atoms with Crippen LogP contribution in [-0.2, 0) is 11.3 Å². The Hall–Kier alpha value is -1.76. The molecule has 0 unspecified atom stereocenters. The zero-order valence-electron chi connectivity index (χ0n) is 13.4. The second-order valence-electron chi connectivity index (χ2n) is 5.11. The van der Waals surface area contributed by atoms with Gasteiger partial charge in [0.05, 0.1) is 17.6 Å². The maximum atomic E-state index is 11.9. The average molecular weight is 322 g/mol. The quantitative estimate of drug-likeness (QED) is 0.794. The number of furan rings is 1. The Morgan fingerprint density at radius 2 is 2.23 bits per heavy atom. The third kappa shape index (κ3) is 3.71. The fraction of sp³-hybridized carbons (Fsp3) is 0.533. The van der Waals surface area contributed by atoms with Crippen LogP contribution in [0.3, 0.4) is 0 Å². The van der Waals surface area contributed by atoms with Crippen molar-refractivity contribution >= 4 is 17.7 Å². The summed E-state index contributed by atoms with van der Waals surface area (Å²) in [5, 5.41) is 12.2. The van der Waals surface area contributed by atoms with Gasteiger partial charge >= 0.3 is 0 Å². The predicted octanol–water partition coefficient (Wildman–Crippen LogP) is 2.87. The Bertz CT molecular complexity index is 635. The molecule has 0 aliphatic heterocycles. The van der Waals surface area contributed by atoms with Crippen LogP contribution in [0, 0.1) is 6.92 Å². The highest BCUT2D eigenvalue weighted by Crippen LogP contribution is 2.26. The van der Waals surface area contributed by atoms with Crippen LogP contribution in [-0.4, -0.2) is 32.5 Å². The largest absolute Gasteiger partial charge is 0.469 e. The molecule has 0 radical (unpaired) electrons. The van der Waals surface area contributed by atoms with Gasteiger partial charge in [-0.25, -0.2) is 0 Å². The van der Waals surface area contributed by atoms with E-state index in [1.807, 2.05) is 38.3 Å². The molecule has 7 heteroatoms. The Balaban J connectivity index is 2.08. The first-order chi connectivity index (χ1) is 10.6. The lowest BCUT2D eigenvalue weighted by Crippen LogP contribution is -2.33. The summed E-state index contributed by atoms with van der Waals surface area (Å²) in [5.74, 6) is 1.95. The number of nitrogens with one attached hydrogen (secondary N) is 1. The van der Waals surface area contributed by atoms with Gasteiger partial charge in [0, 0.05) is 12.6 Å². The van der Waals surface area contributed by atoms with E-state index in [-0.39, 0.29) is 11.9 Å². The third-order valence-corrected chi connectivity index (χ3v) is 4.45. The molecule has 2 aromatic heterocycles. The molecule has 0 bridgehead atoms. The number of thioether (sulfide) groups is 1. The van der Waals surface area contributed by atoms with Crippen molar-refractivity contribution < 1.29 is 9.21 Å². The molecular formula is C15H22N4O2S. The standard InChI is InChI=1S/C15H22N4O2S/c1-5-10(3)16-13(20)9-22-15-18-17-14(19(15)6-2)12-7-8-21-11(12)4/h7-8,10H,5-6,9H2,1-4H3,(H,16,20)/t10-/m1/s1. The summed E-state index contributed by atoms with van der Waals surface area (Å²) in [6.07, 6.45) is 2.57. The summed E-state index contributed by atoms with van der Waals surface area (Å²) < 4.78 is 7.33. The highest BCUT2D eigenvalue weighted by atomic mass is 32.2. The summed E-state index contributed by atoms with van der Waals surface area (Å²) in [4.78, 5) is 11.9. The average Bonchev–Trinajstić information content (AvgIpc) is 3.10. The van der Waals surface area contributed by atoms with Crippen LogP contribution in [0.25, 0.3) is 11.4 Å². The molecule has 22 heavy (non-hydrogen) atoms. The van der Waals surface area contributed by atoms with E-state index in [1.54, 1.807) is 6.26 Å². The number of carbonyl (C=O) groups is 1. The number of rotatable bonds is 7. The Morgan fingerprint density at radius 1 is 1.45 bits per heavy atom. The Morgan fingerprint density at radius 3 is 2.82 bits per heavy atom. The monoisotopic (exact) mass is 322 g/mol. The summed E-state index contributed by atoms with van der Waals surface area (Å²) in [6.45, 7) is 8.71. The first kappa shape index (κ1) is 16.6. The molecular weight excluding hydrogens is 300 g/mol. The first-order valence-electron chi connectivity index (χ1n) is 7.46. The van der Waals surface area contributed by atoms with Gasteiger partial charge in [0.25, 0.3) is 0 Å². The van der Waals surface area contributed by atoms with Crippen LogP contribution >= 0.6 is 11.8 Å². The fourth-order valence-corrected chi connectivity index (χ4v) is 2.86. The molecule has 1 amide bonds. The maximum absolute atomic E-state index is 11.9. The topological polar surface area (TPSA) is 73.0 Å². The second-order valence-corrected chi connectivity index (χ2v) is 6.05. The van der Waals surface area contributed by atoms with E-state index in [0.717, 1.165) is 35.3 Å². The molecule has 0 fully saturated rings. The second kappa shape index (κ2) is 7.49. The number of nitrogens with zero attached hydrogens (tertiary/aromatic N) is 3. The number of hydrogen-bond acceptors (Lipinski definition) is 5. The van der Waals surface area contributed by atoms with Gasteiger partial charge in [-0.1, -0.05) is 18.7 Å². The van der Waals surface area contributed by atoms with Crippen LogP contribution < -0.4 is 5.32 Å². The zero-order chi connectivity index (χ0) is 16.1. The summed E-state index contributed by atoms with van der Waals surface area (Å²) in [5.41, 5.74) is 0.935. The molecule has 6 nitrogen and oxygen atoms in total. The van der Waals surface area contributed by atoms with E-state index in [4.69, 9.17) is 4.42 Å². The van der Waals surface area contributed by atoms with Crippen molar-refractivity contribution in [3.8, 4) is 11.4 Å². The lowest BCUT2D eigenvalue weighted by atomic mass is 10.2. The van der Waals surface area contributed by atoms with Crippen molar-refractivity contribution in [2.75, 3.05) is 5.75 Å². The third-order valence-electron chi connectivity index (χ3n) is 3.48. The summed E-state index contributed by atoms with van der Waals surface area (Å²) in [6, 6.07) is 2.08. The fourth-order valence-electron chi connectivity index (χ4n) is 2.05. The normalized spacial score (nSPS) is 12.4. The first-order valence-corrected chi connectivity index (χ1v) is 8.45. The van der Waals surface area contributed by atoms with Crippen molar-refractivity contribution in [1.29, 1.82) is 0 Å². The number of amides is 1. The van der Waals surface area contributed by atoms with Crippen LogP contribution in [0.5, 0.6) is 0 Å². The van der Waals surface area contributed by atoms with Gasteiger partial charge in [-0.3, -0.25) is 4.79 Å². The van der Waals surface area contributed by atoms with Gasteiger partial charge in [-0.15, -0.1) is 10.2 Å². The minimum Gasteiger partial charge on any atom is -0.469 e. The van der Waals surface area contributed by atoms with Crippen molar-refractivity contribution in [3.63, 3.8) is 0 Å². The van der Waals surface area contributed by atoms with Crippen LogP contribution in [0.2, 0.25) is 0 Å². The van der Waals surface area contributed by atoms with Crippen molar-refractivity contribution in [2.24, 2.45) is 0 Å². The predicted molar refractivity (Wildman–Crippen MR) is 86.8 cm³/mol. The minimum atomic E-state index is 0.0195. The van der Waals surface area contributed by atoms with E-state index < -0.39 is 0 Å². The van der Waals surface area contributed by atoms with Gasteiger partial charge in [-0.2, -0.15) is 0 Å². The highest BCUT2D eigenvalue weighted by Gasteiger charge is 2.17. The molecule has 2 aromatic rings. The van der Waals surface area contributed by atoms with Gasteiger partial charge in [-0.05, 0) is 33.3 Å². The zero-order valence-corrected chi connectivity index (χ0v) is 14.2. The van der Waals surface area contributed by atoms with Crippen LogP contribution in [0.4, 0.5) is 0 Å². The number of hydrogen-bond donors (Lipinski definition) is 1. The van der Waals surface area contributed by atoms with Crippen LogP contribution in [0.1, 0.15) is 33.0 Å². The number of aromatic nitrogens is 3. The molecule has 120 valence electrons. The molecule has 0 spiro atoms. The van der Waals surface area contributed by atoms with Crippen LogP contribution in [0.15, 0.2) is 21.9 Å². The van der Waals surface area contributed by atoms with Crippen molar-refractivity contribution in [2.45, 2.75) is 51.9 Å². The number of aryl methyl sites for hydroxylation is 1. The summed E-state index contributed by atoms with van der Waals surface area (Å²) >= 11 is 1.40. The molecule has 2 heterocycles. The number of carbonyl (C=O) groups excluding carboxylic acids is 1. The summed E-state index contributed by atoms with van der Waals surface area (Å²) in [7, 11) is 0. The highest BCUT2D eigenvalue weighted by molar-refractivity contribution is 7.99. The molecule has 0 saturated heterocycles. The van der Waals surface area contributed by atoms with E-state index in [2.05, 4.69) is 15.5 Å². The molecule has 1 N–H and O–H groups in total. The van der Waals surface area contributed by atoms with E-state index >= 15 is 0 Å².